The zero-order chi connectivity index (χ0) is 10.1. The molecule has 0 saturated heterocycles. The molecule has 0 N–H and O–H groups in total. The largest absolute Gasteiger partial charge is 0.473 e. The smallest absolute Gasteiger partial charge is 0.308 e. The minimum Gasteiger partial charge on any atom is -0.473 e. The number of carbonyl (C=O) groups is 1. The van der Waals surface area contributed by atoms with Gasteiger partial charge in [0.1, 0.15) is 0 Å². The van der Waals surface area contributed by atoms with Crippen molar-refractivity contribution < 1.29 is 13.9 Å². The van der Waals surface area contributed by atoms with Gasteiger partial charge in [0, 0.05) is 0 Å². The van der Waals surface area contributed by atoms with Gasteiger partial charge in [0.05, 0.1) is 25.1 Å². The van der Waals surface area contributed by atoms with Crippen molar-refractivity contribution in [2.75, 3.05) is 6.61 Å². The fourth-order valence-electron chi connectivity index (χ4n) is 0.536. The normalized spacial score (nSPS) is 8.92. The second-order valence-electron chi connectivity index (χ2n) is 2.70. The molecule has 3 nitrogen and oxygen atoms in total. The second-order valence-corrected chi connectivity index (χ2v) is 2.70. The van der Waals surface area contributed by atoms with Gasteiger partial charge in [-0.05, 0) is 19.1 Å². The van der Waals surface area contributed by atoms with E-state index in [4.69, 9.17) is 0 Å². The SMILES string of the molecule is CCOC(=O)C(C)C.c1ccoc1. The first-order chi connectivity index (χ1) is 6.18. The summed E-state index contributed by atoms with van der Waals surface area (Å²) in [6.07, 6.45) is 3.25. The van der Waals surface area contributed by atoms with E-state index in [-0.39, 0.29) is 11.9 Å². The van der Waals surface area contributed by atoms with Gasteiger partial charge in [-0.25, -0.2) is 0 Å². The molecule has 0 saturated carbocycles. The van der Waals surface area contributed by atoms with Crippen LogP contribution in [0.5, 0.6) is 0 Å². The Hall–Kier alpha value is -1.25. The molecule has 0 aliphatic heterocycles. The molecule has 0 aliphatic rings. The molecule has 0 fully saturated rings. The van der Waals surface area contributed by atoms with E-state index in [9.17, 15) is 4.79 Å². The van der Waals surface area contributed by atoms with Crippen molar-refractivity contribution in [1.29, 1.82) is 0 Å². The number of ether oxygens (including phenoxy) is 1. The van der Waals surface area contributed by atoms with Gasteiger partial charge in [0.25, 0.3) is 0 Å². The Kier molecular flexibility index (Phi) is 6.69. The summed E-state index contributed by atoms with van der Waals surface area (Å²) in [4.78, 5) is 10.5. The molecule has 0 atom stereocenters. The number of hydrogen-bond acceptors (Lipinski definition) is 3. The van der Waals surface area contributed by atoms with Crippen LogP contribution < -0.4 is 0 Å². The van der Waals surface area contributed by atoms with Crippen LogP contribution in [0.2, 0.25) is 0 Å². The van der Waals surface area contributed by atoms with Crippen LogP contribution in [0.25, 0.3) is 0 Å². The first-order valence-electron chi connectivity index (χ1n) is 4.32. The molecule has 13 heavy (non-hydrogen) atoms. The van der Waals surface area contributed by atoms with Crippen molar-refractivity contribution in [3.63, 3.8) is 0 Å². The molecule has 3 heteroatoms. The number of furan rings is 1. The molecule has 74 valence electrons. The van der Waals surface area contributed by atoms with E-state index in [0.717, 1.165) is 0 Å². The molecule has 0 unspecified atom stereocenters. The highest BCUT2D eigenvalue weighted by Gasteiger charge is 2.04. The van der Waals surface area contributed by atoms with Gasteiger partial charge >= 0.3 is 5.97 Å². The molecule has 0 spiro atoms. The van der Waals surface area contributed by atoms with E-state index >= 15 is 0 Å². The summed E-state index contributed by atoms with van der Waals surface area (Å²) in [6, 6.07) is 3.67. The lowest BCUT2D eigenvalue weighted by atomic mass is 10.2. The Morgan fingerprint density at radius 2 is 1.92 bits per heavy atom. The Balaban J connectivity index is 0.000000243. The van der Waals surface area contributed by atoms with Crippen molar-refractivity contribution in [2.24, 2.45) is 5.92 Å². The quantitative estimate of drug-likeness (QED) is 0.663. The lowest BCUT2D eigenvalue weighted by Gasteiger charge is -2.01. The Bertz CT molecular complexity index is 185. The molecular weight excluding hydrogens is 168 g/mol. The van der Waals surface area contributed by atoms with Crippen LogP contribution in [0.1, 0.15) is 20.8 Å². The van der Waals surface area contributed by atoms with Gasteiger partial charge in [-0.15, -0.1) is 0 Å². The van der Waals surface area contributed by atoms with Gasteiger partial charge in [-0.3, -0.25) is 4.79 Å². The average molecular weight is 184 g/mol. The molecule has 1 aromatic rings. The summed E-state index contributed by atoms with van der Waals surface area (Å²) in [5, 5.41) is 0. The Labute approximate surface area is 78.7 Å². The van der Waals surface area contributed by atoms with Crippen molar-refractivity contribution in [3.8, 4) is 0 Å². The maximum absolute atomic E-state index is 10.5. The second kappa shape index (κ2) is 7.40. The molecule has 1 rings (SSSR count). The maximum Gasteiger partial charge on any atom is 0.308 e. The monoisotopic (exact) mass is 184 g/mol. The number of hydrogen-bond donors (Lipinski definition) is 0. The van der Waals surface area contributed by atoms with Gasteiger partial charge in [0.15, 0.2) is 0 Å². The molecule has 0 aromatic carbocycles. The summed E-state index contributed by atoms with van der Waals surface area (Å²) >= 11 is 0. The van der Waals surface area contributed by atoms with Crippen LogP contribution in [0.15, 0.2) is 29.1 Å². The highest BCUT2D eigenvalue weighted by atomic mass is 16.5. The van der Waals surface area contributed by atoms with Crippen LogP contribution >= 0.6 is 0 Å². The van der Waals surface area contributed by atoms with Crippen LogP contribution in [0.4, 0.5) is 0 Å². The zero-order valence-corrected chi connectivity index (χ0v) is 8.32. The van der Waals surface area contributed by atoms with E-state index in [1.807, 2.05) is 26.0 Å². The van der Waals surface area contributed by atoms with E-state index in [0.29, 0.717) is 6.61 Å². The van der Waals surface area contributed by atoms with Gasteiger partial charge in [0.2, 0.25) is 0 Å². The van der Waals surface area contributed by atoms with Gasteiger partial charge in [-0.1, -0.05) is 13.8 Å². The van der Waals surface area contributed by atoms with Crippen molar-refractivity contribution in [1.82, 2.24) is 0 Å². The third kappa shape index (κ3) is 7.12. The standard InChI is InChI=1S/C6H12O2.C4H4O/c1-4-8-6(7)5(2)3;1-2-4-5-3-1/h5H,4H2,1-3H3;1-4H. The predicted octanol–water partition coefficient (Wildman–Crippen LogP) is 2.49. The van der Waals surface area contributed by atoms with E-state index < -0.39 is 0 Å². The number of carbonyl (C=O) groups excluding carboxylic acids is 1. The van der Waals surface area contributed by atoms with Crippen molar-refractivity contribution in [3.05, 3.63) is 24.7 Å². The fraction of sp³-hybridized carbons (Fsp3) is 0.500. The molecular formula is C10H16O3. The van der Waals surface area contributed by atoms with E-state index in [2.05, 4.69) is 9.15 Å². The Morgan fingerprint density at radius 3 is 2.08 bits per heavy atom. The summed E-state index contributed by atoms with van der Waals surface area (Å²) in [5.41, 5.74) is 0. The number of esters is 1. The van der Waals surface area contributed by atoms with Crippen molar-refractivity contribution >= 4 is 5.97 Å². The Morgan fingerprint density at radius 1 is 1.38 bits per heavy atom. The highest BCUT2D eigenvalue weighted by Crippen LogP contribution is 1.93. The molecule has 1 aromatic heterocycles. The third-order valence-corrected chi connectivity index (χ3v) is 1.18. The van der Waals surface area contributed by atoms with Gasteiger partial charge < -0.3 is 9.15 Å². The first-order valence-corrected chi connectivity index (χ1v) is 4.32. The zero-order valence-electron chi connectivity index (χ0n) is 8.32. The van der Waals surface area contributed by atoms with Crippen LogP contribution in [0.3, 0.4) is 0 Å². The summed E-state index contributed by atoms with van der Waals surface area (Å²) in [5.74, 6) is -0.109. The molecule has 0 amide bonds. The molecule has 0 bridgehead atoms. The maximum atomic E-state index is 10.5. The summed E-state index contributed by atoms with van der Waals surface area (Å²) in [6.45, 7) is 5.92. The van der Waals surface area contributed by atoms with E-state index in [1.54, 1.807) is 19.5 Å². The third-order valence-electron chi connectivity index (χ3n) is 1.18. The average Bonchev–Trinajstić information content (AvgIpc) is 2.61. The summed E-state index contributed by atoms with van der Waals surface area (Å²) < 4.78 is 9.25. The molecule has 0 aliphatic carbocycles. The highest BCUT2D eigenvalue weighted by molar-refractivity contribution is 5.71. The topological polar surface area (TPSA) is 39.4 Å². The lowest BCUT2D eigenvalue weighted by Crippen LogP contribution is -2.10. The summed E-state index contributed by atoms with van der Waals surface area (Å²) in [7, 11) is 0. The van der Waals surface area contributed by atoms with Gasteiger partial charge in [-0.2, -0.15) is 0 Å². The van der Waals surface area contributed by atoms with Crippen LogP contribution in [-0.2, 0) is 9.53 Å². The molecule has 0 radical (unpaired) electrons. The lowest BCUT2D eigenvalue weighted by molar-refractivity contribution is -0.146. The fourth-order valence-corrected chi connectivity index (χ4v) is 0.536. The van der Waals surface area contributed by atoms with Crippen LogP contribution in [-0.4, -0.2) is 12.6 Å². The minimum atomic E-state index is -0.118. The predicted molar refractivity (Wildman–Crippen MR) is 50.2 cm³/mol. The van der Waals surface area contributed by atoms with E-state index in [1.165, 1.54) is 0 Å². The van der Waals surface area contributed by atoms with Crippen molar-refractivity contribution in [2.45, 2.75) is 20.8 Å². The number of rotatable bonds is 2. The minimum absolute atomic E-state index is 0.00921. The molecule has 1 heterocycles. The first kappa shape index (κ1) is 11.8. The van der Waals surface area contributed by atoms with Crippen LogP contribution in [0, 0.1) is 5.92 Å².